The van der Waals surface area contributed by atoms with E-state index in [9.17, 15) is 4.79 Å². The summed E-state index contributed by atoms with van der Waals surface area (Å²) in [6.45, 7) is 7.17. The van der Waals surface area contributed by atoms with E-state index in [2.05, 4.69) is 20.2 Å². The van der Waals surface area contributed by atoms with Crippen LogP contribution in [0.25, 0.3) is 0 Å². The SMILES string of the molecule is Cc1nc2c(c(N(C)C)n1)CCN(C(=O)CCc1c(C)n[nH]c1C)C2. The van der Waals surface area contributed by atoms with Crippen LogP contribution in [-0.2, 0) is 24.2 Å². The number of anilines is 1. The summed E-state index contributed by atoms with van der Waals surface area (Å²) in [4.78, 5) is 25.7. The molecule has 1 aliphatic heterocycles. The number of aromatic amines is 1. The molecule has 0 bridgehead atoms. The van der Waals surface area contributed by atoms with Gasteiger partial charge in [0.25, 0.3) is 0 Å². The second-order valence-electron chi connectivity index (χ2n) is 6.89. The van der Waals surface area contributed by atoms with E-state index in [0.29, 0.717) is 13.0 Å². The van der Waals surface area contributed by atoms with Crippen molar-refractivity contribution in [1.29, 1.82) is 0 Å². The fraction of sp³-hybridized carbons (Fsp3) is 0.556. The summed E-state index contributed by atoms with van der Waals surface area (Å²) in [7, 11) is 3.99. The summed E-state index contributed by atoms with van der Waals surface area (Å²) in [6.07, 6.45) is 2.03. The first-order valence-electron chi connectivity index (χ1n) is 8.68. The van der Waals surface area contributed by atoms with Gasteiger partial charge in [0, 0.05) is 38.3 Å². The maximum atomic E-state index is 12.7. The highest BCUT2D eigenvalue weighted by molar-refractivity contribution is 5.77. The third-order valence-electron chi connectivity index (χ3n) is 4.80. The molecule has 0 saturated heterocycles. The zero-order valence-corrected chi connectivity index (χ0v) is 15.7. The van der Waals surface area contributed by atoms with E-state index in [0.717, 1.165) is 53.7 Å². The Balaban J connectivity index is 1.71. The number of amides is 1. The summed E-state index contributed by atoms with van der Waals surface area (Å²) in [5.41, 5.74) is 5.33. The van der Waals surface area contributed by atoms with Gasteiger partial charge in [-0.1, -0.05) is 0 Å². The van der Waals surface area contributed by atoms with Gasteiger partial charge >= 0.3 is 0 Å². The van der Waals surface area contributed by atoms with Crippen LogP contribution in [-0.4, -0.2) is 51.6 Å². The lowest BCUT2D eigenvalue weighted by Crippen LogP contribution is -2.37. The highest BCUT2D eigenvalue weighted by atomic mass is 16.2. The first-order chi connectivity index (χ1) is 11.9. The number of aryl methyl sites for hydroxylation is 3. The molecule has 7 heteroatoms. The summed E-state index contributed by atoms with van der Waals surface area (Å²) >= 11 is 0. The molecule has 1 amide bonds. The number of hydrogen-bond donors (Lipinski definition) is 1. The van der Waals surface area contributed by atoms with Crippen LogP contribution in [0.1, 0.15) is 40.5 Å². The number of H-pyrrole nitrogens is 1. The Kier molecular flexibility index (Phi) is 4.74. The Morgan fingerprint density at radius 3 is 2.64 bits per heavy atom. The lowest BCUT2D eigenvalue weighted by atomic mass is 10.0. The van der Waals surface area contributed by atoms with E-state index < -0.39 is 0 Å². The van der Waals surface area contributed by atoms with Crippen molar-refractivity contribution < 1.29 is 4.79 Å². The molecule has 0 atom stereocenters. The number of nitrogens with zero attached hydrogens (tertiary/aromatic N) is 5. The van der Waals surface area contributed by atoms with Crippen molar-refractivity contribution in [3.05, 3.63) is 34.0 Å². The molecule has 7 nitrogen and oxygen atoms in total. The Hall–Kier alpha value is -2.44. The number of nitrogens with one attached hydrogen (secondary N) is 1. The quantitative estimate of drug-likeness (QED) is 0.915. The maximum absolute atomic E-state index is 12.7. The van der Waals surface area contributed by atoms with E-state index in [-0.39, 0.29) is 5.91 Å². The molecule has 0 spiro atoms. The molecule has 1 aliphatic rings. The predicted octanol–water partition coefficient (Wildman–Crippen LogP) is 1.71. The lowest BCUT2D eigenvalue weighted by Gasteiger charge is -2.30. The fourth-order valence-corrected chi connectivity index (χ4v) is 3.45. The van der Waals surface area contributed by atoms with Crippen molar-refractivity contribution in [2.24, 2.45) is 0 Å². The van der Waals surface area contributed by atoms with Gasteiger partial charge in [0.15, 0.2) is 0 Å². The monoisotopic (exact) mass is 342 g/mol. The molecule has 0 radical (unpaired) electrons. The molecule has 0 aromatic carbocycles. The number of carbonyl (C=O) groups is 1. The number of fused-ring (bicyclic) bond motifs is 1. The second kappa shape index (κ2) is 6.82. The van der Waals surface area contributed by atoms with Gasteiger partial charge in [0.05, 0.1) is 17.9 Å². The van der Waals surface area contributed by atoms with Crippen molar-refractivity contribution in [2.45, 2.75) is 46.6 Å². The highest BCUT2D eigenvalue weighted by Gasteiger charge is 2.25. The Bertz CT molecular complexity index is 776. The second-order valence-corrected chi connectivity index (χ2v) is 6.89. The molecule has 0 unspecified atom stereocenters. The average molecular weight is 342 g/mol. The minimum Gasteiger partial charge on any atom is -0.362 e. The van der Waals surface area contributed by atoms with Crippen molar-refractivity contribution in [1.82, 2.24) is 25.1 Å². The Morgan fingerprint density at radius 2 is 2.00 bits per heavy atom. The third-order valence-corrected chi connectivity index (χ3v) is 4.80. The molecular weight excluding hydrogens is 316 g/mol. The van der Waals surface area contributed by atoms with Gasteiger partial charge in [-0.05, 0) is 39.2 Å². The number of aromatic nitrogens is 4. The number of rotatable bonds is 4. The highest BCUT2D eigenvalue weighted by Crippen LogP contribution is 2.25. The van der Waals surface area contributed by atoms with Gasteiger partial charge < -0.3 is 9.80 Å². The van der Waals surface area contributed by atoms with E-state index in [4.69, 9.17) is 0 Å². The molecule has 0 saturated carbocycles. The Morgan fingerprint density at radius 1 is 1.24 bits per heavy atom. The van der Waals surface area contributed by atoms with Crippen LogP contribution in [0.15, 0.2) is 0 Å². The van der Waals surface area contributed by atoms with Crippen LogP contribution >= 0.6 is 0 Å². The van der Waals surface area contributed by atoms with E-state index >= 15 is 0 Å². The van der Waals surface area contributed by atoms with E-state index in [1.807, 2.05) is 44.7 Å². The van der Waals surface area contributed by atoms with Crippen LogP contribution in [0.4, 0.5) is 5.82 Å². The van der Waals surface area contributed by atoms with Crippen molar-refractivity contribution >= 4 is 11.7 Å². The first kappa shape index (κ1) is 17.4. The van der Waals surface area contributed by atoms with Gasteiger partial charge in [0.1, 0.15) is 11.6 Å². The lowest BCUT2D eigenvalue weighted by molar-refractivity contribution is -0.132. The molecule has 1 N–H and O–H groups in total. The van der Waals surface area contributed by atoms with Crippen LogP contribution in [0.3, 0.4) is 0 Å². The minimum absolute atomic E-state index is 0.174. The summed E-state index contributed by atoms with van der Waals surface area (Å²) in [6, 6.07) is 0. The average Bonchev–Trinajstić information content (AvgIpc) is 2.89. The molecule has 134 valence electrons. The third kappa shape index (κ3) is 3.50. The standard InChI is InChI=1S/C18H26N6O/c1-11-14(12(2)22-21-11)6-7-17(25)24-9-8-15-16(10-24)19-13(3)20-18(15)23(4)5/h6-10H2,1-5H3,(H,21,22). The van der Waals surface area contributed by atoms with E-state index in [1.54, 1.807) is 0 Å². The topological polar surface area (TPSA) is 78.0 Å². The molecule has 25 heavy (non-hydrogen) atoms. The summed E-state index contributed by atoms with van der Waals surface area (Å²) in [5.74, 6) is 1.90. The van der Waals surface area contributed by atoms with Crippen molar-refractivity contribution in [3.8, 4) is 0 Å². The Labute approximate surface area is 148 Å². The molecule has 3 rings (SSSR count). The smallest absolute Gasteiger partial charge is 0.223 e. The predicted molar refractivity (Wildman–Crippen MR) is 96.6 cm³/mol. The summed E-state index contributed by atoms with van der Waals surface area (Å²) in [5, 5.41) is 7.18. The largest absolute Gasteiger partial charge is 0.362 e. The van der Waals surface area contributed by atoms with Crippen LogP contribution in [0, 0.1) is 20.8 Å². The van der Waals surface area contributed by atoms with Crippen LogP contribution in [0.2, 0.25) is 0 Å². The number of carbonyl (C=O) groups excluding carboxylic acids is 1. The van der Waals surface area contributed by atoms with Crippen molar-refractivity contribution in [3.63, 3.8) is 0 Å². The van der Waals surface area contributed by atoms with E-state index in [1.165, 1.54) is 5.56 Å². The fourth-order valence-electron chi connectivity index (χ4n) is 3.45. The van der Waals surface area contributed by atoms with Gasteiger partial charge in [-0.3, -0.25) is 9.89 Å². The molecular formula is C18H26N6O. The zero-order chi connectivity index (χ0) is 18.1. The van der Waals surface area contributed by atoms with Gasteiger partial charge in [-0.2, -0.15) is 5.10 Å². The maximum Gasteiger partial charge on any atom is 0.223 e. The van der Waals surface area contributed by atoms with Crippen LogP contribution in [0.5, 0.6) is 0 Å². The molecule has 2 aromatic heterocycles. The van der Waals surface area contributed by atoms with Gasteiger partial charge in [-0.15, -0.1) is 0 Å². The first-order valence-corrected chi connectivity index (χ1v) is 8.68. The number of hydrogen-bond acceptors (Lipinski definition) is 5. The van der Waals surface area contributed by atoms with Gasteiger partial charge in [0.2, 0.25) is 5.91 Å². The minimum atomic E-state index is 0.174. The molecule has 2 aromatic rings. The normalized spacial score (nSPS) is 13.7. The zero-order valence-electron chi connectivity index (χ0n) is 15.7. The summed E-state index contributed by atoms with van der Waals surface area (Å²) < 4.78 is 0. The molecule has 3 heterocycles. The van der Waals surface area contributed by atoms with Crippen LogP contribution < -0.4 is 4.90 Å². The molecule has 0 aliphatic carbocycles. The van der Waals surface area contributed by atoms with Crippen molar-refractivity contribution in [2.75, 3.05) is 25.5 Å². The molecule has 0 fully saturated rings. The van der Waals surface area contributed by atoms with Gasteiger partial charge in [-0.25, -0.2) is 9.97 Å².